The van der Waals surface area contributed by atoms with Crippen LogP contribution in [0.2, 0.25) is 0 Å². The average molecular weight is 424 g/mol. The zero-order valence-electron chi connectivity index (χ0n) is 17.1. The quantitative estimate of drug-likeness (QED) is 0.466. The number of halogens is 3. The topological polar surface area (TPSA) is 59.3 Å². The molecule has 8 heteroatoms. The Morgan fingerprint density at radius 3 is 2.32 bits per heavy atom. The first-order valence-corrected chi connectivity index (χ1v) is 9.55. The van der Waals surface area contributed by atoms with Crippen LogP contribution in [0.15, 0.2) is 54.7 Å². The van der Waals surface area contributed by atoms with E-state index in [-0.39, 0.29) is 16.9 Å². The number of aromatic nitrogens is 3. The normalized spacial score (nSPS) is 11.7. The lowest BCUT2D eigenvalue weighted by Gasteiger charge is -2.12. The summed E-state index contributed by atoms with van der Waals surface area (Å²) in [6.45, 7) is 5.74. The number of carbonyl (C=O) groups excluding carboxylic acids is 1. The minimum Gasteiger partial charge on any atom is -0.322 e. The van der Waals surface area contributed by atoms with Gasteiger partial charge in [0, 0.05) is 11.3 Å². The minimum atomic E-state index is -4.67. The second-order valence-electron chi connectivity index (χ2n) is 7.44. The molecule has 0 bridgehead atoms. The molecule has 0 aliphatic heterocycles. The van der Waals surface area contributed by atoms with E-state index in [0.717, 1.165) is 29.0 Å². The number of aryl methyl sites for hydroxylation is 3. The number of alkyl halides is 3. The van der Waals surface area contributed by atoms with Crippen molar-refractivity contribution in [3.63, 3.8) is 0 Å². The van der Waals surface area contributed by atoms with Gasteiger partial charge in [0.05, 0.1) is 11.9 Å². The van der Waals surface area contributed by atoms with Gasteiger partial charge in [-0.15, -0.1) is 0 Å². The van der Waals surface area contributed by atoms with E-state index in [1.165, 1.54) is 0 Å². The van der Waals surface area contributed by atoms with Gasteiger partial charge in [-0.25, -0.2) is 9.50 Å². The Labute approximate surface area is 176 Å². The van der Waals surface area contributed by atoms with Crippen LogP contribution in [0, 0.1) is 20.8 Å². The fraction of sp³-hybridized carbons (Fsp3) is 0.174. The number of hydrogen-bond acceptors (Lipinski definition) is 3. The average Bonchev–Trinajstić information content (AvgIpc) is 3.14. The predicted molar refractivity (Wildman–Crippen MR) is 112 cm³/mol. The van der Waals surface area contributed by atoms with Gasteiger partial charge < -0.3 is 5.32 Å². The third-order valence-corrected chi connectivity index (χ3v) is 5.12. The molecule has 0 spiro atoms. The van der Waals surface area contributed by atoms with Gasteiger partial charge in [0.15, 0.2) is 11.3 Å². The maximum Gasteiger partial charge on any atom is 0.433 e. The smallest absolute Gasteiger partial charge is 0.322 e. The molecule has 0 atom stereocenters. The summed E-state index contributed by atoms with van der Waals surface area (Å²) in [5, 5.41) is 6.52. The van der Waals surface area contributed by atoms with Crippen LogP contribution in [0.1, 0.15) is 32.7 Å². The molecule has 4 rings (SSSR count). The van der Waals surface area contributed by atoms with Gasteiger partial charge >= 0.3 is 6.18 Å². The lowest BCUT2D eigenvalue weighted by atomic mass is 10.1. The molecule has 5 nitrogen and oxygen atoms in total. The summed E-state index contributed by atoms with van der Waals surface area (Å²) in [5.41, 5.74) is 2.98. The molecule has 0 saturated carbocycles. The Morgan fingerprint density at radius 1 is 0.968 bits per heavy atom. The molecule has 0 fully saturated rings. The third-order valence-electron chi connectivity index (χ3n) is 5.12. The van der Waals surface area contributed by atoms with Crippen LogP contribution in [0.3, 0.4) is 0 Å². The summed E-state index contributed by atoms with van der Waals surface area (Å²) in [5.74, 6) is -0.583. The molecule has 0 aliphatic carbocycles. The van der Waals surface area contributed by atoms with Crippen LogP contribution in [-0.2, 0) is 6.18 Å². The first-order chi connectivity index (χ1) is 14.6. The summed E-state index contributed by atoms with van der Waals surface area (Å²) in [6.07, 6.45) is -3.57. The molecular weight excluding hydrogens is 405 g/mol. The van der Waals surface area contributed by atoms with Gasteiger partial charge in [-0.2, -0.15) is 18.3 Å². The van der Waals surface area contributed by atoms with Crippen molar-refractivity contribution in [3.05, 3.63) is 82.7 Å². The molecule has 0 unspecified atom stereocenters. The van der Waals surface area contributed by atoms with Gasteiger partial charge in [-0.3, -0.25) is 4.79 Å². The molecule has 1 amide bonds. The lowest BCUT2D eigenvalue weighted by Crippen LogP contribution is -2.16. The largest absolute Gasteiger partial charge is 0.433 e. The standard InChI is InChI=1S/C23H19F3N4O/c1-13-4-7-16(8-5-13)19-11-20(23(24,25)26)30-21(29-19)18(12-27-30)22(31)28-17-9-6-14(2)15(3)10-17/h4-12H,1-3H3,(H,28,31). The summed E-state index contributed by atoms with van der Waals surface area (Å²) in [4.78, 5) is 17.2. The molecule has 2 heterocycles. The van der Waals surface area contributed by atoms with E-state index < -0.39 is 17.8 Å². The zero-order chi connectivity index (χ0) is 22.3. The minimum absolute atomic E-state index is 0.0438. The maximum absolute atomic E-state index is 13.7. The Kier molecular flexibility index (Phi) is 5.00. The van der Waals surface area contributed by atoms with Crippen molar-refractivity contribution in [2.75, 3.05) is 5.32 Å². The maximum atomic E-state index is 13.7. The van der Waals surface area contributed by atoms with Crippen molar-refractivity contribution >= 4 is 17.2 Å². The molecule has 0 saturated heterocycles. The Balaban J connectivity index is 1.82. The van der Waals surface area contributed by atoms with Crippen LogP contribution < -0.4 is 5.32 Å². The summed E-state index contributed by atoms with van der Waals surface area (Å²) in [6, 6.07) is 13.3. The molecule has 0 radical (unpaired) electrons. The lowest BCUT2D eigenvalue weighted by molar-refractivity contribution is -0.142. The molecule has 0 aliphatic rings. The van der Waals surface area contributed by atoms with Gasteiger partial charge in [0.25, 0.3) is 5.91 Å². The molecule has 158 valence electrons. The molecule has 4 aromatic rings. The third kappa shape index (κ3) is 4.01. The van der Waals surface area contributed by atoms with E-state index in [9.17, 15) is 18.0 Å². The Hall–Kier alpha value is -3.68. The van der Waals surface area contributed by atoms with Crippen LogP contribution in [0.25, 0.3) is 16.9 Å². The molecule has 2 aromatic carbocycles. The van der Waals surface area contributed by atoms with Crippen LogP contribution in [0.5, 0.6) is 0 Å². The number of benzene rings is 2. The van der Waals surface area contributed by atoms with E-state index in [4.69, 9.17) is 0 Å². The highest BCUT2D eigenvalue weighted by molar-refractivity contribution is 6.08. The SMILES string of the molecule is Cc1ccc(-c2cc(C(F)(F)F)n3ncc(C(=O)Nc4ccc(C)c(C)c4)c3n2)cc1. The first kappa shape index (κ1) is 20.6. The van der Waals surface area contributed by atoms with Crippen LogP contribution in [-0.4, -0.2) is 20.5 Å². The van der Waals surface area contributed by atoms with Crippen molar-refractivity contribution in [2.45, 2.75) is 26.9 Å². The number of amides is 1. The van der Waals surface area contributed by atoms with Gasteiger partial charge in [-0.05, 0) is 50.1 Å². The molecule has 31 heavy (non-hydrogen) atoms. The van der Waals surface area contributed by atoms with E-state index in [2.05, 4.69) is 15.4 Å². The van der Waals surface area contributed by atoms with E-state index in [0.29, 0.717) is 15.8 Å². The van der Waals surface area contributed by atoms with Crippen molar-refractivity contribution in [1.82, 2.24) is 14.6 Å². The molecule has 2 aromatic heterocycles. The number of nitrogens with one attached hydrogen (secondary N) is 1. The summed E-state index contributed by atoms with van der Waals surface area (Å²) >= 11 is 0. The van der Waals surface area contributed by atoms with Crippen molar-refractivity contribution < 1.29 is 18.0 Å². The Bertz CT molecular complexity index is 1290. The van der Waals surface area contributed by atoms with Crippen LogP contribution in [0.4, 0.5) is 18.9 Å². The van der Waals surface area contributed by atoms with E-state index in [1.807, 2.05) is 26.8 Å². The van der Waals surface area contributed by atoms with Crippen LogP contribution >= 0.6 is 0 Å². The molecule has 1 N–H and O–H groups in total. The second kappa shape index (κ2) is 7.54. The first-order valence-electron chi connectivity index (χ1n) is 9.55. The number of rotatable bonds is 3. The number of carbonyl (C=O) groups is 1. The zero-order valence-corrected chi connectivity index (χ0v) is 17.1. The fourth-order valence-electron chi connectivity index (χ4n) is 3.21. The van der Waals surface area contributed by atoms with Gasteiger partial charge in [-0.1, -0.05) is 35.9 Å². The Morgan fingerprint density at radius 2 is 1.68 bits per heavy atom. The summed E-state index contributed by atoms with van der Waals surface area (Å²) < 4.78 is 41.8. The van der Waals surface area contributed by atoms with E-state index in [1.54, 1.807) is 36.4 Å². The highest BCUT2D eigenvalue weighted by Crippen LogP contribution is 2.33. The van der Waals surface area contributed by atoms with Crippen molar-refractivity contribution in [2.24, 2.45) is 0 Å². The number of anilines is 1. The number of hydrogen-bond donors (Lipinski definition) is 1. The van der Waals surface area contributed by atoms with Gasteiger partial charge in [0.2, 0.25) is 0 Å². The highest BCUT2D eigenvalue weighted by Gasteiger charge is 2.36. The predicted octanol–water partition coefficient (Wildman–Crippen LogP) is 5.59. The van der Waals surface area contributed by atoms with E-state index >= 15 is 0 Å². The van der Waals surface area contributed by atoms with Gasteiger partial charge in [0.1, 0.15) is 5.56 Å². The number of nitrogens with zero attached hydrogens (tertiary/aromatic N) is 3. The second-order valence-corrected chi connectivity index (χ2v) is 7.44. The highest BCUT2D eigenvalue weighted by atomic mass is 19.4. The number of fused-ring (bicyclic) bond motifs is 1. The fourth-order valence-corrected chi connectivity index (χ4v) is 3.21. The van der Waals surface area contributed by atoms with Crippen molar-refractivity contribution in [3.8, 4) is 11.3 Å². The molecular formula is C23H19F3N4O. The van der Waals surface area contributed by atoms with Crippen molar-refractivity contribution in [1.29, 1.82) is 0 Å². The monoisotopic (exact) mass is 424 g/mol. The summed E-state index contributed by atoms with van der Waals surface area (Å²) in [7, 11) is 0.